The van der Waals surface area contributed by atoms with Gasteiger partial charge in [-0.2, -0.15) is 0 Å². The van der Waals surface area contributed by atoms with Gasteiger partial charge >= 0.3 is 0 Å². The highest BCUT2D eigenvalue weighted by molar-refractivity contribution is 6.70. The summed E-state index contributed by atoms with van der Waals surface area (Å²) in [5, 5.41) is 0.425. The summed E-state index contributed by atoms with van der Waals surface area (Å²) in [6.07, 6.45) is 0. The standard InChI is InChI=1S/C16H18ClFOSi/c1-20(2,12-13-7-4-3-5-8-13)19-11-14-15(17)9-6-10-16(14)18/h3-10H,11-12H2,1-2H3. The first-order valence-corrected chi connectivity index (χ1v) is 10.1. The number of rotatable bonds is 5. The third-order valence-corrected chi connectivity index (χ3v) is 5.68. The lowest BCUT2D eigenvalue weighted by atomic mass is 10.2. The topological polar surface area (TPSA) is 9.23 Å². The maximum Gasteiger partial charge on any atom is 0.191 e. The normalized spacial score (nSPS) is 11.6. The van der Waals surface area contributed by atoms with Gasteiger partial charge in [0, 0.05) is 10.6 Å². The van der Waals surface area contributed by atoms with E-state index in [1.54, 1.807) is 12.1 Å². The van der Waals surface area contributed by atoms with Gasteiger partial charge in [0.1, 0.15) is 5.82 Å². The highest BCUT2D eigenvalue weighted by atomic mass is 35.5. The molecule has 0 bridgehead atoms. The summed E-state index contributed by atoms with van der Waals surface area (Å²) in [7, 11) is -1.90. The molecule has 1 nitrogen and oxygen atoms in total. The van der Waals surface area contributed by atoms with Crippen molar-refractivity contribution in [2.45, 2.75) is 25.7 Å². The van der Waals surface area contributed by atoms with Crippen LogP contribution in [0.4, 0.5) is 4.39 Å². The van der Waals surface area contributed by atoms with E-state index in [9.17, 15) is 4.39 Å². The Kier molecular flexibility index (Phi) is 4.97. The van der Waals surface area contributed by atoms with Crippen molar-refractivity contribution in [2.24, 2.45) is 0 Å². The minimum absolute atomic E-state index is 0.234. The molecule has 4 heteroatoms. The molecule has 0 aliphatic carbocycles. The summed E-state index contributed by atoms with van der Waals surface area (Å²) < 4.78 is 19.7. The van der Waals surface area contributed by atoms with Gasteiger partial charge in [-0.1, -0.05) is 48.0 Å². The molecule has 2 rings (SSSR count). The summed E-state index contributed by atoms with van der Waals surface area (Å²) >= 11 is 6.01. The first kappa shape index (κ1) is 15.2. The van der Waals surface area contributed by atoms with Crippen LogP contribution in [-0.2, 0) is 17.1 Å². The quantitative estimate of drug-likeness (QED) is 0.708. The monoisotopic (exact) mass is 308 g/mol. The second-order valence-corrected chi connectivity index (χ2v) is 9.98. The van der Waals surface area contributed by atoms with E-state index in [0.717, 1.165) is 6.04 Å². The first-order valence-electron chi connectivity index (χ1n) is 6.59. The molecule has 2 aromatic carbocycles. The summed E-state index contributed by atoms with van der Waals surface area (Å²) in [4.78, 5) is 0. The number of hydrogen-bond donors (Lipinski definition) is 0. The second kappa shape index (κ2) is 6.53. The fraction of sp³-hybridized carbons (Fsp3) is 0.250. The van der Waals surface area contributed by atoms with Crippen LogP contribution < -0.4 is 0 Å². The van der Waals surface area contributed by atoms with Gasteiger partial charge in [-0.15, -0.1) is 0 Å². The van der Waals surface area contributed by atoms with Crippen molar-refractivity contribution in [3.8, 4) is 0 Å². The van der Waals surface area contributed by atoms with Crippen LogP contribution in [0.3, 0.4) is 0 Å². The lowest BCUT2D eigenvalue weighted by Crippen LogP contribution is -2.33. The van der Waals surface area contributed by atoms with Crippen molar-refractivity contribution < 1.29 is 8.82 Å². The van der Waals surface area contributed by atoms with E-state index < -0.39 is 8.32 Å². The van der Waals surface area contributed by atoms with Gasteiger partial charge in [0.15, 0.2) is 8.32 Å². The van der Waals surface area contributed by atoms with E-state index in [1.807, 2.05) is 18.2 Å². The number of hydrogen-bond acceptors (Lipinski definition) is 1. The van der Waals surface area contributed by atoms with Crippen molar-refractivity contribution in [3.05, 3.63) is 70.5 Å². The lowest BCUT2D eigenvalue weighted by molar-refractivity contribution is 0.288. The van der Waals surface area contributed by atoms with Crippen LogP contribution >= 0.6 is 11.6 Å². The molecule has 0 atom stereocenters. The maximum atomic E-state index is 13.7. The Morgan fingerprint density at radius 3 is 2.40 bits per heavy atom. The molecule has 0 aliphatic rings. The molecule has 0 aliphatic heterocycles. The average Bonchev–Trinajstić information content (AvgIpc) is 2.38. The Morgan fingerprint density at radius 1 is 1.05 bits per heavy atom. The van der Waals surface area contributed by atoms with Gasteiger partial charge in [0.2, 0.25) is 0 Å². The van der Waals surface area contributed by atoms with Crippen LogP contribution in [0.25, 0.3) is 0 Å². The molecule has 0 N–H and O–H groups in total. The van der Waals surface area contributed by atoms with Crippen LogP contribution in [0.2, 0.25) is 18.1 Å². The van der Waals surface area contributed by atoms with Gasteiger partial charge in [-0.25, -0.2) is 4.39 Å². The van der Waals surface area contributed by atoms with E-state index in [-0.39, 0.29) is 12.4 Å². The third-order valence-electron chi connectivity index (χ3n) is 3.14. The van der Waals surface area contributed by atoms with Crippen molar-refractivity contribution in [1.29, 1.82) is 0 Å². The molecule has 0 amide bonds. The van der Waals surface area contributed by atoms with E-state index in [1.165, 1.54) is 11.6 Å². The van der Waals surface area contributed by atoms with Crippen molar-refractivity contribution in [1.82, 2.24) is 0 Å². The van der Waals surface area contributed by atoms with Crippen LogP contribution in [0.1, 0.15) is 11.1 Å². The molecule has 0 fully saturated rings. The molecule has 0 unspecified atom stereocenters. The van der Waals surface area contributed by atoms with Crippen molar-refractivity contribution >= 4 is 19.9 Å². The van der Waals surface area contributed by atoms with Crippen LogP contribution in [0.5, 0.6) is 0 Å². The summed E-state index contributed by atoms with van der Waals surface area (Å²) in [6.45, 7) is 4.50. The second-order valence-electron chi connectivity index (χ2n) is 5.41. The zero-order valence-electron chi connectivity index (χ0n) is 11.7. The molecular formula is C16H18ClFOSi. The van der Waals surface area contributed by atoms with E-state index in [4.69, 9.17) is 16.0 Å². The third kappa shape index (κ3) is 4.17. The zero-order chi connectivity index (χ0) is 14.6. The van der Waals surface area contributed by atoms with Gasteiger partial charge in [-0.3, -0.25) is 0 Å². The van der Waals surface area contributed by atoms with Crippen molar-refractivity contribution in [3.63, 3.8) is 0 Å². The fourth-order valence-corrected chi connectivity index (χ4v) is 4.15. The largest absolute Gasteiger partial charge is 0.413 e. The summed E-state index contributed by atoms with van der Waals surface area (Å²) in [5.74, 6) is -0.304. The van der Waals surface area contributed by atoms with Crippen LogP contribution in [0.15, 0.2) is 48.5 Å². The summed E-state index contributed by atoms with van der Waals surface area (Å²) in [6, 6.07) is 15.8. The molecule has 0 saturated heterocycles. The molecule has 2 aromatic rings. The van der Waals surface area contributed by atoms with E-state index in [0.29, 0.717) is 10.6 Å². The lowest BCUT2D eigenvalue weighted by Gasteiger charge is -2.23. The number of halogens is 2. The molecule has 0 spiro atoms. The molecule has 0 aromatic heterocycles. The molecule has 106 valence electrons. The van der Waals surface area contributed by atoms with Crippen molar-refractivity contribution in [2.75, 3.05) is 0 Å². The molecule has 0 radical (unpaired) electrons. The Morgan fingerprint density at radius 2 is 1.75 bits per heavy atom. The molecule has 20 heavy (non-hydrogen) atoms. The molecular weight excluding hydrogens is 291 g/mol. The first-order chi connectivity index (χ1) is 9.48. The van der Waals surface area contributed by atoms with Gasteiger partial charge in [-0.05, 0) is 36.8 Å². The number of benzene rings is 2. The highest BCUT2D eigenvalue weighted by Crippen LogP contribution is 2.22. The van der Waals surface area contributed by atoms with E-state index in [2.05, 4.69) is 25.2 Å². The predicted octanol–water partition coefficient (Wildman–Crippen LogP) is 4.98. The van der Waals surface area contributed by atoms with Crippen LogP contribution in [0, 0.1) is 5.82 Å². The summed E-state index contributed by atoms with van der Waals surface area (Å²) in [5.41, 5.74) is 1.70. The SMILES string of the molecule is C[Si](C)(Cc1ccccc1)OCc1c(F)cccc1Cl. The minimum Gasteiger partial charge on any atom is -0.413 e. The Hall–Kier alpha value is -1.16. The Balaban J connectivity index is 2.02. The van der Waals surface area contributed by atoms with Gasteiger partial charge in [0.25, 0.3) is 0 Å². The fourth-order valence-electron chi connectivity index (χ4n) is 2.08. The average molecular weight is 309 g/mol. The Labute approximate surface area is 125 Å². The maximum absolute atomic E-state index is 13.7. The molecule has 0 saturated carbocycles. The highest BCUT2D eigenvalue weighted by Gasteiger charge is 2.24. The smallest absolute Gasteiger partial charge is 0.191 e. The van der Waals surface area contributed by atoms with Crippen LogP contribution in [-0.4, -0.2) is 8.32 Å². The Bertz CT molecular complexity index is 552. The van der Waals surface area contributed by atoms with E-state index >= 15 is 0 Å². The van der Waals surface area contributed by atoms with Gasteiger partial charge in [0.05, 0.1) is 6.61 Å². The zero-order valence-corrected chi connectivity index (χ0v) is 13.5. The minimum atomic E-state index is -1.90. The predicted molar refractivity (Wildman–Crippen MR) is 83.8 cm³/mol. The molecule has 0 heterocycles. The van der Waals surface area contributed by atoms with Gasteiger partial charge < -0.3 is 4.43 Å².